The zero-order chi connectivity index (χ0) is 12.8. The number of aromatic hydroxyl groups is 1. The van der Waals surface area contributed by atoms with Crippen LogP contribution in [0.4, 0.5) is 4.79 Å². The molecule has 0 fully saturated rings. The monoisotopic (exact) mass is 236 g/mol. The SMILES string of the molecule is CCOC(=O)N/N=C(\C)c1cc(C)ccc1O. The molecule has 0 aromatic heterocycles. The number of aryl methyl sites for hydroxylation is 1. The van der Waals surface area contributed by atoms with Gasteiger partial charge in [-0.2, -0.15) is 5.10 Å². The Bertz CT molecular complexity index is 441. The first kappa shape index (κ1) is 13.0. The van der Waals surface area contributed by atoms with Gasteiger partial charge in [-0.05, 0) is 32.9 Å². The van der Waals surface area contributed by atoms with Gasteiger partial charge in [-0.15, -0.1) is 0 Å². The maximum absolute atomic E-state index is 11.0. The highest BCUT2D eigenvalue weighted by atomic mass is 16.5. The van der Waals surface area contributed by atoms with Gasteiger partial charge in [0.25, 0.3) is 0 Å². The summed E-state index contributed by atoms with van der Waals surface area (Å²) in [5.41, 5.74) is 4.35. The highest BCUT2D eigenvalue weighted by molar-refractivity contribution is 6.01. The normalized spacial score (nSPS) is 11.1. The van der Waals surface area contributed by atoms with Crippen LogP contribution in [-0.4, -0.2) is 23.5 Å². The first-order chi connectivity index (χ1) is 8.04. The highest BCUT2D eigenvalue weighted by Gasteiger charge is 2.05. The molecule has 0 bridgehead atoms. The number of rotatable bonds is 3. The average Bonchev–Trinajstić information content (AvgIpc) is 2.29. The molecule has 0 atom stereocenters. The second-order valence-electron chi connectivity index (χ2n) is 3.55. The fraction of sp³-hybridized carbons (Fsp3) is 0.333. The standard InChI is InChI=1S/C12H16N2O3/c1-4-17-12(16)14-13-9(3)10-7-8(2)5-6-11(10)15/h5-7,15H,4H2,1-3H3,(H,14,16)/b13-9+. The Labute approximate surface area is 100 Å². The molecule has 2 N–H and O–H groups in total. The molecule has 1 amide bonds. The fourth-order valence-electron chi connectivity index (χ4n) is 1.29. The van der Waals surface area contributed by atoms with Gasteiger partial charge in [0.2, 0.25) is 0 Å². The van der Waals surface area contributed by atoms with Crippen molar-refractivity contribution in [2.45, 2.75) is 20.8 Å². The van der Waals surface area contributed by atoms with Gasteiger partial charge in [-0.25, -0.2) is 10.2 Å². The van der Waals surface area contributed by atoms with Crippen LogP contribution in [0.1, 0.15) is 25.0 Å². The molecule has 1 aromatic rings. The molecule has 0 spiro atoms. The molecule has 5 heteroatoms. The number of carbonyl (C=O) groups excluding carboxylic acids is 1. The summed E-state index contributed by atoms with van der Waals surface area (Å²) in [6.07, 6.45) is -0.612. The molecule has 1 aromatic carbocycles. The number of ether oxygens (including phenoxy) is 1. The van der Waals surface area contributed by atoms with E-state index in [2.05, 4.69) is 15.3 Å². The van der Waals surface area contributed by atoms with Crippen LogP contribution in [-0.2, 0) is 4.74 Å². The molecular weight excluding hydrogens is 220 g/mol. The topological polar surface area (TPSA) is 70.9 Å². The smallest absolute Gasteiger partial charge is 0.427 e. The Morgan fingerprint density at radius 3 is 2.88 bits per heavy atom. The third-order valence-corrected chi connectivity index (χ3v) is 2.13. The molecule has 0 unspecified atom stereocenters. The highest BCUT2D eigenvalue weighted by Crippen LogP contribution is 2.18. The Morgan fingerprint density at radius 2 is 2.24 bits per heavy atom. The van der Waals surface area contributed by atoms with Crippen molar-refractivity contribution in [3.8, 4) is 5.75 Å². The van der Waals surface area contributed by atoms with Gasteiger partial charge < -0.3 is 9.84 Å². The number of nitrogens with one attached hydrogen (secondary N) is 1. The largest absolute Gasteiger partial charge is 0.507 e. The number of hydrazone groups is 1. The van der Waals surface area contributed by atoms with E-state index in [-0.39, 0.29) is 12.4 Å². The van der Waals surface area contributed by atoms with Crippen molar-refractivity contribution >= 4 is 11.8 Å². The van der Waals surface area contributed by atoms with Gasteiger partial charge in [0, 0.05) is 5.56 Å². The molecule has 1 rings (SSSR count). The number of carbonyl (C=O) groups is 1. The molecule has 0 saturated heterocycles. The quantitative estimate of drug-likeness (QED) is 0.624. The maximum atomic E-state index is 11.0. The van der Waals surface area contributed by atoms with Crippen molar-refractivity contribution in [1.29, 1.82) is 0 Å². The van der Waals surface area contributed by atoms with Crippen molar-refractivity contribution in [3.05, 3.63) is 29.3 Å². The minimum Gasteiger partial charge on any atom is -0.507 e. The number of hydrogen-bond acceptors (Lipinski definition) is 4. The summed E-state index contributed by atoms with van der Waals surface area (Å²) < 4.78 is 4.66. The Balaban J connectivity index is 2.81. The van der Waals surface area contributed by atoms with Crippen molar-refractivity contribution < 1.29 is 14.6 Å². The number of hydrogen-bond donors (Lipinski definition) is 2. The third-order valence-electron chi connectivity index (χ3n) is 2.13. The van der Waals surface area contributed by atoms with Crippen LogP contribution in [0.2, 0.25) is 0 Å². The van der Waals surface area contributed by atoms with Gasteiger partial charge in [-0.3, -0.25) is 0 Å². The summed E-state index contributed by atoms with van der Waals surface area (Å²) in [6.45, 7) is 5.61. The molecule has 92 valence electrons. The molecule has 0 saturated carbocycles. The van der Waals surface area contributed by atoms with E-state index in [0.29, 0.717) is 11.3 Å². The zero-order valence-corrected chi connectivity index (χ0v) is 10.2. The molecule has 0 aliphatic carbocycles. The lowest BCUT2D eigenvalue weighted by atomic mass is 10.1. The summed E-state index contributed by atoms with van der Waals surface area (Å²) >= 11 is 0. The van der Waals surface area contributed by atoms with Crippen LogP contribution in [0, 0.1) is 6.92 Å². The van der Waals surface area contributed by atoms with Crippen LogP contribution in [0.15, 0.2) is 23.3 Å². The first-order valence-electron chi connectivity index (χ1n) is 5.31. The van der Waals surface area contributed by atoms with E-state index in [4.69, 9.17) is 0 Å². The van der Waals surface area contributed by atoms with Gasteiger partial charge in [0.15, 0.2) is 0 Å². The van der Waals surface area contributed by atoms with Crippen molar-refractivity contribution in [2.24, 2.45) is 5.10 Å². The fourth-order valence-corrected chi connectivity index (χ4v) is 1.29. The summed E-state index contributed by atoms with van der Waals surface area (Å²) in [7, 11) is 0. The van der Waals surface area contributed by atoms with Crippen molar-refractivity contribution in [2.75, 3.05) is 6.61 Å². The molecule has 0 radical (unpaired) electrons. The van der Waals surface area contributed by atoms with Gasteiger partial charge in [-0.1, -0.05) is 11.6 Å². The zero-order valence-electron chi connectivity index (χ0n) is 10.2. The molecule has 0 aliphatic heterocycles. The third kappa shape index (κ3) is 3.79. The first-order valence-corrected chi connectivity index (χ1v) is 5.31. The van der Waals surface area contributed by atoms with Crippen molar-refractivity contribution in [1.82, 2.24) is 5.43 Å². The number of nitrogens with zero attached hydrogens (tertiary/aromatic N) is 1. The van der Waals surface area contributed by atoms with Gasteiger partial charge >= 0.3 is 6.09 Å². The molecule has 17 heavy (non-hydrogen) atoms. The van der Waals surface area contributed by atoms with E-state index in [0.717, 1.165) is 5.56 Å². The van der Waals surface area contributed by atoms with Crippen LogP contribution in [0.3, 0.4) is 0 Å². The Kier molecular flexibility index (Phi) is 4.51. The minimum absolute atomic E-state index is 0.127. The number of phenolic OH excluding ortho intramolecular Hbond substituents is 1. The molecule has 0 aliphatic rings. The van der Waals surface area contributed by atoms with Crippen LogP contribution < -0.4 is 5.43 Å². The lowest BCUT2D eigenvalue weighted by Crippen LogP contribution is -2.20. The Hall–Kier alpha value is -2.04. The molecule has 5 nitrogen and oxygen atoms in total. The van der Waals surface area contributed by atoms with Gasteiger partial charge in [0.1, 0.15) is 5.75 Å². The average molecular weight is 236 g/mol. The predicted molar refractivity (Wildman–Crippen MR) is 65.2 cm³/mol. The lowest BCUT2D eigenvalue weighted by molar-refractivity contribution is 0.152. The van der Waals surface area contributed by atoms with E-state index in [1.165, 1.54) is 0 Å². The molecule has 0 heterocycles. The van der Waals surface area contributed by atoms with Crippen LogP contribution in [0.25, 0.3) is 0 Å². The minimum atomic E-state index is -0.612. The number of benzene rings is 1. The van der Waals surface area contributed by atoms with Crippen molar-refractivity contribution in [3.63, 3.8) is 0 Å². The summed E-state index contributed by atoms with van der Waals surface area (Å²) in [5.74, 6) is 0.127. The predicted octanol–water partition coefficient (Wildman–Crippen LogP) is 2.17. The van der Waals surface area contributed by atoms with E-state index in [1.807, 2.05) is 6.92 Å². The summed E-state index contributed by atoms with van der Waals surface area (Å²) in [4.78, 5) is 11.0. The number of amides is 1. The maximum Gasteiger partial charge on any atom is 0.427 e. The second kappa shape index (κ2) is 5.89. The Morgan fingerprint density at radius 1 is 1.53 bits per heavy atom. The van der Waals surface area contributed by atoms with E-state index in [9.17, 15) is 9.90 Å². The lowest BCUT2D eigenvalue weighted by Gasteiger charge is -2.06. The number of phenols is 1. The van der Waals surface area contributed by atoms with Crippen LogP contribution in [0.5, 0.6) is 5.75 Å². The van der Waals surface area contributed by atoms with Crippen LogP contribution >= 0.6 is 0 Å². The van der Waals surface area contributed by atoms with Gasteiger partial charge in [0.05, 0.1) is 12.3 Å². The molecular formula is C12H16N2O3. The second-order valence-corrected chi connectivity index (χ2v) is 3.55. The van der Waals surface area contributed by atoms with E-state index < -0.39 is 6.09 Å². The van der Waals surface area contributed by atoms with E-state index >= 15 is 0 Å². The summed E-state index contributed by atoms with van der Waals surface area (Å²) in [5, 5.41) is 13.5. The summed E-state index contributed by atoms with van der Waals surface area (Å²) in [6, 6.07) is 5.18. The van der Waals surface area contributed by atoms with E-state index in [1.54, 1.807) is 32.0 Å².